The topological polar surface area (TPSA) is 74.3 Å². The van der Waals surface area contributed by atoms with Gasteiger partial charge in [0.15, 0.2) is 5.78 Å². The van der Waals surface area contributed by atoms with Crippen molar-refractivity contribution in [1.29, 1.82) is 0 Å². The van der Waals surface area contributed by atoms with Crippen LogP contribution in [0.3, 0.4) is 0 Å². The minimum Gasteiger partial charge on any atom is -0.326 e. The highest BCUT2D eigenvalue weighted by atomic mass is 35.5. The second kappa shape index (κ2) is 9.07. The van der Waals surface area contributed by atoms with E-state index in [1.54, 1.807) is 12.3 Å². The van der Waals surface area contributed by atoms with Crippen molar-refractivity contribution < 1.29 is 9.59 Å². The van der Waals surface area contributed by atoms with Gasteiger partial charge in [-0.15, -0.1) is 0 Å². The number of aromatic nitrogens is 1. The molecule has 1 amide bonds. The minimum absolute atomic E-state index is 0.0740. The number of hydrogen-bond donors (Lipinski definition) is 2. The van der Waals surface area contributed by atoms with E-state index in [-0.39, 0.29) is 23.7 Å². The first-order valence-electron chi connectivity index (χ1n) is 10.8. The molecule has 3 heterocycles. The molecule has 2 aliphatic rings. The lowest BCUT2D eigenvalue weighted by Gasteiger charge is -2.27. The van der Waals surface area contributed by atoms with Gasteiger partial charge >= 0.3 is 0 Å². The van der Waals surface area contributed by atoms with E-state index in [2.05, 4.69) is 20.5 Å². The number of fused-ring (bicyclic) bond motifs is 1. The molecule has 2 aromatic rings. The molecule has 6 nitrogen and oxygen atoms in total. The van der Waals surface area contributed by atoms with Gasteiger partial charge in [-0.2, -0.15) is 0 Å². The van der Waals surface area contributed by atoms with Crippen molar-refractivity contribution >= 4 is 29.0 Å². The van der Waals surface area contributed by atoms with Crippen molar-refractivity contribution in [3.63, 3.8) is 0 Å². The fourth-order valence-electron chi connectivity index (χ4n) is 4.95. The van der Waals surface area contributed by atoms with E-state index in [1.165, 1.54) is 0 Å². The van der Waals surface area contributed by atoms with Crippen LogP contribution in [0.1, 0.15) is 33.6 Å². The maximum atomic E-state index is 13.6. The maximum Gasteiger partial charge on any atom is 0.225 e. The van der Waals surface area contributed by atoms with E-state index in [9.17, 15) is 9.59 Å². The summed E-state index contributed by atoms with van der Waals surface area (Å²) in [5.74, 6) is 0.760. The number of nitrogens with zero attached hydrogens (tertiary/aromatic N) is 2. The fourth-order valence-corrected chi connectivity index (χ4v) is 5.13. The Morgan fingerprint density at radius 3 is 2.74 bits per heavy atom. The van der Waals surface area contributed by atoms with Crippen LogP contribution in [0.25, 0.3) is 0 Å². The molecular weight excluding hydrogens is 412 g/mol. The van der Waals surface area contributed by atoms with Gasteiger partial charge in [0.05, 0.1) is 6.04 Å². The third-order valence-corrected chi connectivity index (χ3v) is 7.01. The summed E-state index contributed by atoms with van der Waals surface area (Å²) in [5, 5.41) is 6.98. The molecule has 0 spiro atoms. The highest BCUT2D eigenvalue weighted by Crippen LogP contribution is 2.35. The first-order chi connectivity index (χ1) is 14.8. The number of hydrogen-bond acceptors (Lipinski definition) is 5. The molecule has 3 atom stereocenters. The molecule has 1 aromatic carbocycles. The summed E-state index contributed by atoms with van der Waals surface area (Å²) in [5.41, 5.74) is 4.12. The van der Waals surface area contributed by atoms with Gasteiger partial charge in [0.1, 0.15) is 0 Å². The van der Waals surface area contributed by atoms with Crippen LogP contribution < -0.4 is 10.6 Å². The Hall–Kier alpha value is -2.28. The lowest BCUT2D eigenvalue weighted by Crippen LogP contribution is -2.43. The van der Waals surface area contributed by atoms with E-state index in [4.69, 9.17) is 11.6 Å². The van der Waals surface area contributed by atoms with Crippen LogP contribution in [-0.4, -0.2) is 53.8 Å². The molecule has 0 bridgehead atoms. The molecule has 4 rings (SSSR count). The van der Waals surface area contributed by atoms with E-state index in [0.717, 1.165) is 42.0 Å². The summed E-state index contributed by atoms with van der Waals surface area (Å²) < 4.78 is 0. The molecule has 2 unspecified atom stereocenters. The SMILES string of the molecule is Cc1ccc(NC(=O)CCN2CC3CNCC3[C@H]2C(=O)c2c(C)ccnc2C)cc1Cl. The summed E-state index contributed by atoms with van der Waals surface area (Å²) in [6.45, 7) is 8.92. The van der Waals surface area contributed by atoms with Gasteiger partial charge in [-0.25, -0.2) is 0 Å². The van der Waals surface area contributed by atoms with E-state index in [1.807, 2.05) is 39.0 Å². The quantitative estimate of drug-likeness (QED) is 0.673. The monoisotopic (exact) mass is 440 g/mol. The van der Waals surface area contributed by atoms with Crippen LogP contribution in [-0.2, 0) is 4.79 Å². The van der Waals surface area contributed by atoms with Gasteiger partial charge in [0, 0.05) is 54.2 Å². The molecule has 2 saturated heterocycles. The van der Waals surface area contributed by atoms with Crippen molar-refractivity contribution in [3.8, 4) is 0 Å². The Bertz CT molecular complexity index is 989. The van der Waals surface area contributed by atoms with Gasteiger partial charge in [0.2, 0.25) is 5.91 Å². The zero-order valence-corrected chi connectivity index (χ0v) is 19.0. The zero-order chi connectivity index (χ0) is 22.1. The molecule has 2 N–H and O–H groups in total. The number of aryl methyl sites for hydroxylation is 3. The van der Waals surface area contributed by atoms with Gasteiger partial charge in [-0.3, -0.25) is 19.5 Å². The molecular formula is C24H29ClN4O2. The van der Waals surface area contributed by atoms with Gasteiger partial charge in [-0.05, 0) is 68.5 Å². The van der Waals surface area contributed by atoms with Crippen LogP contribution in [0.2, 0.25) is 5.02 Å². The number of rotatable bonds is 6. The van der Waals surface area contributed by atoms with E-state index in [0.29, 0.717) is 29.6 Å². The number of carbonyl (C=O) groups excluding carboxylic acids is 2. The predicted octanol–water partition coefficient (Wildman–Crippen LogP) is 3.39. The number of benzene rings is 1. The van der Waals surface area contributed by atoms with Crippen LogP contribution in [0.5, 0.6) is 0 Å². The fraction of sp³-hybridized carbons (Fsp3) is 0.458. The Morgan fingerprint density at radius 2 is 2.00 bits per heavy atom. The summed E-state index contributed by atoms with van der Waals surface area (Å²) in [6, 6.07) is 7.18. The van der Waals surface area contributed by atoms with Crippen LogP contribution in [0, 0.1) is 32.6 Å². The maximum absolute atomic E-state index is 13.6. The Balaban J connectivity index is 1.47. The number of carbonyl (C=O) groups is 2. The average Bonchev–Trinajstić information content (AvgIpc) is 3.29. The third kappa shape index (κ3) is 4.52. The van der Waals surface area contributed by atoms with Crippen molar-refractivity contribution in [3.05, 3.63) is 57.9 Å². The minimum atomic E-state index is -0.219. The summed E-state index contributed by atoms with van der Waals surface area (Å²) in [7, 11) is 0. The number of nitrogens with one attached hydrogen (secondary N) is 2. The second-order valence-corrected chi connectivity index (χ2v) is 9.14. The number of halogens is 1. The summed E-state index contributed by atoms with van der Waals surface area (Å²) in [4.78, 5) is 32.7. The van der Waals surface area contributed by atoms with Crippen LogP contribution in [0.15, 0.2) is 30.5 Å². The lowest BCUT2D eigenvalue weighted by atomic mass is 9.87. The number of ketones is 1. The lowest BCUT2D eigenvalue weighted by molar-refractivity contribution is -0.116. The number of likely N-dealkylation sites (tertiary alicyclic amines) is 1. The molecule has 7 heteroatoms. The van der Waals surface area contributed by atoms with E-state index >= 15 is 0 Å². The summed E-state index contributed by atoms with van der Waals surface area (Å²) in [6.07, 6.45) is 2.07. The predicted molar refractivity (Wildman–Crippen MR) is 123 cm³/mol. The molecule has 0 aliphatic carbocycles. The second-order valence-electron chi connectivity index (χ2n) is 8.74. The number of amides is 1. The van der Waals surface area contributed by atoms with Gasteiger partial charge in [-0.1, -0.05) is 17.7 Å². The molecule has 0 radical (unpaired) electrons. The van der Waals surface area contributed by atoms with Crippen molar-refractivity contribution in [2.75, 3.05) is 31.5 Å². The van der Waals surface area contributed by atoms with Gasteiger partial charge < -0.3 is 10.6 Å². The van der Waals surface area contributed by atoms with Crippen molar-refractivity contribution in [1.82, 2.24) is 15.2 Å². The largest absolute Gasteiger partial charge is 0.326 e. The summed E-state index contributed by atoms with van der Waals surface area (Å²) >= 11 is 6.16. The Morgan fingerprint density at radius 1 is 1.19 bits per heavy atom. The number of anilines is 1. The molecule has 2 fully saturated rings. The normalized spacial score (nSPS) is 23.0. The van der Waals surface area contributed by atoms with Crippen LogP contribution >= 0.6 is 11.6 Å². The smallest absolute Gasteiger partial charge is 0.225 e. The molecule has 2 aliphatic heterocycles. The van der Waals surface area contributed by atoms with Gasteiger partial charge in [0.25, 0.3) is 0 Å². The number of Topliss-reactive ketones (excluding diaryl/α,β-unsaturated/α-hetero) is 1. The molecule has 31 heavy (non-hydrogen) atoms. The zero-order valence-electron chi connectivity index (χ0n) is 18.2. The highest BCUT2D eigenvalue weighted by molar-refractivity contribution is 6.31. The third-order valence-electron chi connectivity index (χ3n) is 6.61. The molecule has 1 aromatic heterocycles. The Labute approximate surface area is 188 Å². The molecule has 0 saturated carbocycles. The first-order valence-corrected chi connectivity index (χ1v) is 11.2. The standard InChI is InChI=1S/C24H29ClN4O2/c1-14-4-5-18(10-20(14)25)28-21(30)7-9-29-13-17-11-26-12-19(17)23(29)24(31)22-15(2)6-8-27-16(22)3/h4-6,8,10,17,19,23,26H,7,9,11-13H2,1-3H3,(H,28,30)/t17?,19?,23-/m0/s1. The molecule has 164 valence electrons. The van der Waals surface area contributed by atoms with Crippen molar-refractivity contribution in [2.45, 2.75) is 33.2 Å². The van der Waals surface area contributed by atoms with Crippen LogP contribution in [0.4, 0.5) is 5.69 Å². The van der Waals surface area contributed by atoms with E-state index < -0.39 is 0 Å². The Kier molecular flexibility index (Phi) is 6.42. The average molecular weight is 441 g/mol. The highest BCUT2D eigenvalue weighted by Gasteiger charge is 2.48. The first kappa shape index (κ1) is 21.9. The number of pyridine rings is 1. The van der Waals surface area contributed by atoms with Crippen molar-refractivity contribution in [2.24, 2.45) is 11.8 Å².